The molecule has 4 rings (SSSR count). The first-order valence-electron chi connectivity index (χ1n) is 12.3. The van der Waals surface area contributed by atoms with Gasteiger partial charge in [0.2, 0.25) is 0 Å². The number of hydrogen-bond donors (Lipinski definition) is 1. The van der Waals surface area contributed by atoms with E-state index in [-0.39, 0.29) is 18.0 Å². The van der Waals surface area contributed by atoms with E-state index in [2.05, 4.69) is 5.32 Å². The Kier molecular flexibility index (Phi) is 7.51. The van der Waals surface area contributed by atoms with E-state index < -0.39 is 17.9 Å². The number of carbonyl (C=O) groups excluding carboxylic acids is 2. The molecule has 5 nitrogen and oxygen atoms in total. The molecule has 1 aliphatic heterocycles. The van der Waals surface area contributed by atoms with Crippen molar-refractivity contribution >= 4 is 11.9 Å². The lowest BCUT2D eigenvalue weighted by atomic mass is 9.80. The average Bonchev–Trinajstić information content (AvgIpc) is 2.80. The summed E-state index contributed by atoms with van der Waals surface area (Å²) in [7, 11) is 0. The van der Waals surface area contributed by atoms with Crippen LogP contribution >= 0.6 is 0 Å². The van der Waals surface area contributed by atoms with Crippen LogP contribution < -0.4 is 5.32 Å². The van der Waals surface area contributed by atoms with Crippen LogP contribution in [-0.4, -0.2) is 24.1 Å². The fourth-order valence-corrected chi connectivity index (χ4v) is 5.32. The van der Waals surface area contributed by atoms with Crippen LogP contribution in [0.4, 0.5) is 4.39 Å². The van der Waals surface area contributed by atoms with Gasteiger partial charge in [0.1, 0.15) is 18.0 Å². The van der Waals surface area contributed by atoms with Gasteiger partial charge in [-0.15, -0.1) is 0 Å². The Bertz CT molecular complexity index is 883. The number of rotatable bonds is 5. The molecule has 1 N–H and O–H groups in total. The van der Waals surface area contributed by atoms with Crippen molar-refractivity contribution < 1.29 is 23.5 Å². The Hall–Kier alpha value is -2.63. The molecule has 0 saturated heterocycles. The monoisotopic (exact) mass is 455 g/mol. The van der Waals surface area contributed by atoms with Gasteiger partial charge < -0.3 is 14.8 Å². The number of benzene rings is 1. The van der Waals surface area contributed by atoms with E-state index in [0.29, 0.717) is 28.1 Å². The molecule has 178 valence electrons. The van der Waals surface area contributed by atoms with Crippen LogP contribution in [0.1, 0.15) is 89.5 Å². The number of ether oxygens (including phenoxy) is 2. The first-order valence-corrected chi connectivity index (χ1v) is 12.3. The molecule has 0 atom stereocenters. The molecule has 33 heavy (non-hydrogen) atoms. The maximum atomic E-state index is 13.7. The van der Waals surface area contributed by atoms with Gasteiger partial charge >= 0.3 is 11.9 Å². The zero-order chi connectivity index (χ0) is 23.4. The average molecular weight is 456 g/mol. The Morgan fingerprint density at radius 3 is 1.61 bits per heavy atom. The zero-order valence-corrected chi connectivity index (χ0v) is 19.6. The van der Waals surface area contributed by atoms with Gasteiger partial charge in [0.15, 0.2) is 0 Å². The number of hydrogen-bond acceptors (Lipinski definition) is 5. The predicted molar refractivity (Wildman–Crippen MR) is 124 cm³/mol. The summed E-state index contributed by atoms with van der Waals surface area (Å²) < 4.78 is 25.5. The smallest absolute Gasteiger partial charge is 0.337 e. The van der Waals surface area contributed by atoms with Crippen molar-refractivity contribution in [2.24, 2.45) is 0 Å². The summed E-state index contributed by atoms with van der Waals surface area (Å²) in [5.74, 6) is -1.88. The molecule has 3 aliphatic rings. The molecule has 1 aromatic rings. The number of nitrogens with one attached hydrogen (secondary N) is 1. The number of carbonyl (C=O) groups is 2. The fourth-order valence-electron chi connectivity index (χ4n) is 5.32. The zero-order valence-electron chi connectivity index (χ0n) is 19.6. The van der Waals surface area contributed by atoms with Crippen LogP contribution in [0.15, 0.2) is 46.8 Å². The third-order valence-corrected chi connectivity index (χ3v) is 7.06. The van der Waals surface area contributed by atoms with Crippen molar-refractivity contribution in [1.29, 1.82) is 0 Å². The minimum Gasteiger partial charge on any atom is -0.459 e. The van der Waals surface area contributed by atoms with Crippen molar-refractivity contribution in [3.63, 3.8) is 0 Å². The van der Waals surface area contributed by atoms with Gasteiger partial charge in [-0.3, -0.25) is 0 Å². The van der Waals surface area contributed by atoms with Gasteiger partial charge in [0.05, 0.1) is 17.1 Å². The number of esters is 2. The third kappa shape index (κ3) is 5.48. The summed E-state index contributed by atoms with van der Waals surface area (Å²) >= 11 is 0. The van der Waals surface area contributed by atoms with E-state index in [1.807, 2.05) is 13.8 Å². The Morgan fingerprint density at radius 1 is 0.758 bits per heavy atom. The lowest BCUT2D eigenvalue weighted by molar-refractivity contribution is -0.146. The predicted octanol–water partition coefficient (Wildman–Crippen LogP) is 5.81. The second-order valence-electron chi connectivity index (χ2n) is 9.52. The largest absolute Gasteiger partial charge is 0.459 e. The maximum absolute atomic E-state index is 13.7. The second kappa shape index (κ2) is 10.5. The van der Waals surface area contributed by atoms with Crippen LogP contribution in [0, 0.1) is 5.82 Å². The highest BCUT2D eigenvalue weighted by Gasteiger charge is 2.39. The van der Waals surface area contributed by atoms with Crippen LogP contribution in [0.3, 0.4) is 0 Å². The Morgan fingerprint density at radius 2 is 1.18 bits per heavy atom. The van der Waals surface area contributed by atoms with E-state index in [1.165, 1.54) is 12.1 Å². The SMILES string of the molecule is CC1=C(C(=O)OC2CCCCC2)C(c2ccc(F)cc2)C(C(=O)OC2CCCCC2)=C(C)N1. The summed E-state index contributed by atoms with van der Waals surface area (Å²) in [6, 6.07) is 5.98. The molecule has 0 aromatic heterocycles. The third-order valence-electron chi connectivity index (χ3n) is 7.06. The maximum Gasteiger partial charge on any atom is 0.337 e. The summed E-state index contributed by atoms with van der Waals surface area (Å²) in [6.45, 7) is 3.64. The van der Waals surface area contributed by atoms with Crippen molar-refractivity contribution in [3.05, 3.63) is 58.2 Å². The number of allylic oxidation sites excluding steroid dienone is 2. The van der Waals surface area contributed by atoms with E-state index in [0.717, 1.165) is 64.2 Å². The topological polar surface area (TPSA) is 64.6 Å². The first kappa shape index (κ1) is 23.5. The number of dihydropyridines is 1. The van der Waals surface area contributed by atoms with Crippen molar-refractivity contribution in [1.82, 2.24) is 5.32 Å². The van der Waals surface area contributed by atoms with Crippen molar-refractivity contribution in [3.8, 4) is 0 Å². The quantitative estimate of drug-likeness (QED) is 0.568. The molecular weight excluding hydrogens is 421 g/mol. The Labute approximate surface area is 195 Å². The van der Waals surface area contributed by atoms with Crippen LogP contribution in [0.5, 0.6) is 0 Å². The molecule has 1 aromatic carbocycles. The Balaban J connectivity index is 1.66. The lowest BCUT2D eigenvalue weighted by Crippen LogP contribution is -2.35. The minimum absolute atomic E-state index is 0.106. The molecule has 0 unspecified atom stereocenters. The minimum atomic E-state index is -0.668. The van der Waals surface area contributed by atoms with Crippen LogP contribution in [0.2, 0.25) is 0 Å². The van der Waals surface area contributed by atoms with Gasteiger partial charge in [0.25, 0.3) is 0 Å². The lowest BCUT2D eigenvalue weighted by Gasteiger charge is -2.33. The summed E-state index contributed by atoms with van der Waals surface area (Å²) in [6.07, 6.45) is 9.74. The van der Waals surface area contributed by atoms with Crippen LogP contribution in [-0.2, 0) is 19.1 Å². The van der Waals surface area contributed by atoms with Gasteiger partial charge in [0, 0.05) is 11.4 Å². The van der Waals surface area contributed by atoms with E-state index in [9.17, 15) is 14.0 Å². The van der Waals surface area contributed by atoms with E-state index >= 15 is 0 Å². The second-order valence-corrected chi connectivity index (χ2v) is 9.52. The molecule has 2 aliphatic carbocycles. The molecule has 6 heteroatoms. The van der Waals surface area contributed by atoms with Crippen molar-refractivity contribution in [2.75, 3.05) is 0 Å². The first-order chi connectivity index (χ1) is 15.9. The summed E-state index contributed by atoms with van der Waals surface area (Å²) in [5.41, 5.74) is 2.76. The molecule has 2 fully saturated rings. The highest BCUT2D eigenvalue weighted by atomic mass is 19.1. The molecule has 1 heterocycles. The van der Waals surface area contributed by atoms with Crippen LogP contribution in [0.25, 0.3) is 0 Å². The van der Waals surface area contributed by atoms with Crippen molar-refractivity contribution in [2.45, 2.75) is 96.2 Å². The van der Waals surface area contributed by atoms with Gasteiger partial charge in [-0.2, -0.15) is 0 Å². The number of halogens is 1. The normalized spacial score (nSPS) is 21.1. The molecule has 0 spiro atoms. The van der Waals surface area contributed by atoms with Gasteiger partial charge in [-0.25, -0.2) is 14.0 Å². The molecule has 2 saturated carbocycles. The highest BCUT2D eigenvalue weighted by Crippen LogP contribution is 2.40. The summed E-state index contributed by atoms with van der Waals surface area (Å²) in [5, 5.41) is 3.21. The summed E-state index contributed by atoms with van der Waals surface area (Å²) in [4.78, 5) is 26.8. The fraction of sp³-hybridized carbons (Fsp3) is 0.556. The van der Waals surface area contributed by atoms with Gasteiger partial charge in [-0.1, -0.05) is 25.0 Å². The van der Waals surface area contributed by atoms with E-state index in [4.69, 9.17) is 9.47 Å². The molecule has 0 bridgehead atoms. The molecular formula is C27H34FNO4. The standard InChI is InChI=1S/C27H34FNO4/c1-17-23(26(30)32-21-9-5-3-6-10-21)25(19-13-15-20(28)16-14-19)24(18(2)29-17)27(31)33-22-11-7-4-8-12-22/h13-16,21-22,25,29H,3-12H2,1-2H3. The molecule has 0 radical (unpaired) electrons. The molecule has 0 amide bonds. The highest BCUT2D eigenvalue weighted by molar-refractivity contribution is 6.00. The van der Waals surface area contributed by atoms with E-state index in [1.54, 1.807) is 12.1 Å². The van der Waals surface area contributed by atoms with Gasteiger partial charge in [-0.05, 0) is 82.9 Å².